The smallest absolute Gasteiger partial charge is 0.0575 e. The largest absolute Gasteiger partial charge is 0.378 e. The van der Waals surface area contributed by atoms with Gasteiger partial charge in [-0.3, -0.25) is 0 Å². The Morgan fingerprint density at radius 2 is 1.76 bits per heavy atom. The molecule has 0 aliphatic heterocycles. The molecule has 0 saturated heterocycles. The first kappa shape index (κ1) is 15.0. The molecule has 17 heavy (non-hydrogen) atoms. The summed E-state index contributed by atoms with van der Waals surface area (Å²) in [5.74, 6) is 0.917. The molecule has 0 unspecified atom stereocenters. The Morgan fingerprint density at radius 1 is 1.12 bits per heavy atom. The third-order valence-corrected chi connectivity index (χ3v) is 4.12. The minimum absolute atomic E-state index is 0.306. The van der Waals surface area contributed by atoms with Gasteiger partial charge in [-0.15, -0.1) is 0 Å². The third-order valence-electron chi connectivity index (χ3n) is 4.12. The van der Waals surface area contributed by atoms with Crippen molar-refractivity contribution in [3.8, 4) is 0 Å². The quantitative estimate of drug-likeness (QED) is 0.689. The van der Waals surface area contributed by atoms with Gasteiger partial charge in [0.25, 0.3) is 0 Å². The maximum absolute atomic E-state index is 5.95. The van der Waals surface area contributed by atoms with Gasteiger partial charge in [-0.25, -0.2) is 0 Å². The Bertz CT molecular complexity index is 195. The third kappa shape index (κ3) is 6.42. The second kappa shape index (κ2) is 7.38. The van der Waals surface area contributed by atoms with Crippen molar-refractivity contribution in [3.63, 3.8) is 0 Å². The zero-order valence-corrected chi connectivity index (χ0v) is 12.0. The molecule has 1 aliphatic rings. The number of nitrogens with two attached hydrogens (primary N) is 1. The average Bonchev–Trinajstić information content (AvgIpc) is 2.31. The van der Waals surface area contributed by atoms with Gasteiger partial charge in [0.2, 0.25) is 0 Å². The zero-order valence-electron chi connectivity index (χ0n) is 12.0. The molecule has 1 rings (SSSR count). The fourth-order valence-electron chi connectivity index (χ4n) is 2.45. The van der Waals surface area contributed by atoms with Crippen molar-refractivity contribution in [2.75, 3.05) is 13.2 Å². The first-order valence-corrected chi connectivity index (χ1v) is 7.35. The lowest BCUT2D eigenvalue weighted by Crippen LogP contribution is -2.24. The molecule has 0 bridgehead atoms. The van der Waals surface area contributed by atoms with Crippen LogP contribution in [0.1, 0.15) is 65.7 Å². The van der Waals surface area contributed by atoms with E-state index < -0.39 is 0 Å². The van der Waals surface area contributed by atoms with E-state index in [1.54, 1.807) is 0 Å². The summed E-state index contributed by atoms with van der Waals surface area (Å²) in [5, 5.41) is 0. The summed E-state index contributed by atoms with van der Waals surface area (Å²) >= 11 is 0. The fraction of sp³-hybridized carbons (Fsp3) is 1.00. The van der Waals surface area contributed by atoms with Crippen LogP contribution in [0.3, 0.4) is 0 Å². The number of unbranched alkanes of at least 4 members (excludes halogenated alkanes) is 1. The molecule has 0 radical (unpaired) electrons. The predicted molar refractivity (Wildman–Crippen MR) is 74.1 cm³/mol. The Kier molecular flexibility index (Phi) is 6.50. The lowest BCUT2D eigenvalue weighted by atomic mass is 9.87. The van der Waals surface area contributed by atoms with Crippen molar-refractivity contribution in [2.24, 2.45) is 17.1 Å². The van der Waals surface area contributed by atoms with E-state index >= 15 is 0 Å². The number of hydrogen-bond acceptors (Lipinski definition) is 2. The Labute approximate surface area is 107 Å². The van der Waals surface area contributed by atoms with Gasteiger partial charge in [-0.05, 0) is 56.4 Å². The molecule has 1 fully saturated rings. The van der Waals surface area contributed by atoms with Crippen LogP contribution in [0.25, 0.3) is 0 Å². The second-order valence-corrected chi connectivity index (χ2v) is 6.58. The molecule has 0 amide bonds. The first-order valence-electron chi connectivity index (χ1n) is 7.35. The van der Waals surface area contributed by atoms with Crippen LogP contribution in [0.15, 0.2) is 0 Å². The van der Waals surface area contributed by atoms with Crippen molar-refractivity contribution in [1.29, 1.82) is 0 Å². The van der Waals surface area contributed by atoms with Gasteiger partial charge < -0.3 is 10.5 Å². The summed E-state index contributed by atoms with van der Waals surface area (Å²) in [6.45, 7) is 8.58. The highest BCUT2D eigenvalue weighted by molar-refractivity contribution is 4.71. The molecule has 1 saturated carbocycles. The molecule has 102 valence electrons. The van der Waals surface area contributed by atoms with E-state index in [1.807, 2.05) is 0 Å². The van der Waals surface area contributed by atoms with Crippen LogP contribution in [0.5, 0.6) is 0 Å². The summed E-state index contributed by atoms with van der Waals surface area (Å²) in [7, 11) is 0. The highest BCUT2D eigenvalue weighted by Gasteiger charge is 2.18. The minimum atomic E-state index is 0.306. The number of ether oxygens (including phenoxy) is 1. The van der Waals surface area contributed by atoms with E-state index in [1.165, 1.54) is 44.9 Å². The molecule has 2 N–H and O–H groups in total. The van der Waals surface area contributed by atoms with E-state index in [2.05, 4.69) is 20.8 Å². The van der Waals surface area contributed by atoms with Gasteiger partial charge in [-0.2, -0.15) is 0 Å². The maximum atomic E-state index is 5.95. The van der Waals surface area contributed by atoms with Gasteiger partial charge >= 0.3 is 0 Å². The van der Waals surface area contributed by atoms with E-state index in [4.69, 9.17) is 10.5 Å². The van der Waals surface area contributed by atoms with Gasteiger partial charge in [0.15, 0.2) is 0 Å². The van der Waals surface area contributed by atoms with Crippen LogP contribution >= 0.6 is 0 Å². The Hall–Kier alpha value is -0.0800. The van der Waals surface area contributed by atoms with Crippen molar-refractivity contribution in [1.82, 2.24) is 0 Å². The lowest BCUT2D eigenvalue weighted by molar-refractivity contribution is 0.0171. The van der Waals surface area contributed by atoms with Crippen molar-refractivity contribution < 1.29 is 4.74 Å². The van der Waals surface area contributed by atoms with Crippen LogP contribution in [0.4, 0.5) is 0 Å². The molecular formula is C15H31NO. The monoisotopic (exact) mass is 241 g/mol. The van der Waals surface area contributed by atoms with E-state index in [0.717, 1.165) is 19.1 Å². The predicted octanol–water partition coefficient (Wildman–Crippen LogP) is 3.74. The van der Waals surface area contributed by atoms with Gasteiger partial charge in [0.05, 0.1) is 6.10 Å². The number of hydrogen-bond donors (Lipinski definition) is 1. The maximum Gasteiger partial charge on any atom is 0.0575 e. The Balaban J connectivity index is 1.97. The normalized spacial score (nSPS) is 26.1. The van der Waals surface area contributed by atoms with Crippen LogP contribution in [-0.4, -0.2) is 19.3 Å². The van der Waals surface area contributed by atoms with E-state index in [0.29, 0.717) is 11.5 Å². The molecule has 0 aromatic carbocycles. The van der Waals surface area contributed by atoms with Crippen LogP contribution in [-0.2, 0) is 4.74 Å². The topological polar surface area (TPSA) is 35.2 Å². The molecule has 2 heteroatoms. The van der Waals surface area contributed by atoms with Gasteiger partial charge in [-0.1, -0.05) is 27.2 Å². The summed E-state index contributed by atoms with van der Waals surface area (Å²) in [6.07, 6.45) is 9.45. The molecule has 0 atom stereocenters. The van der Waals surface area contributed by atoms with E-state index in [-0.39, 0.29) is 0 Å². The van der Waals surface area contributed by atoms with Crippen molar-refractivity contribution in [2.45, 2.75) is 71.8 Å². The molecular weight excluding hydrogens is 210 g/mol. The van der Waals surface area contributed by atoms with E-state index in [9.17, 15) is 0 Å². The van der Waals surface area contributed by atoms with Gasteiger partial charge in [0.1, 0.15) is 0 Å². The SMILES string of the molecule is CC1CCC(OCCCCC(C)(C)CN)CC1. The average molecular weight is 241 g/mol. The van der Waals surface area contributed by atoms with Crippen LogP contribution < -0.4 is 5.73 Å². The number of rotatable bonds is 7. The summed E-state index contributed by atoms with van der Waals surface area (Å²) < 4.78 is 5.95. The van der Waals surface area contributed by atoms with Crippen molar-refractivity contribution in [3.05, 3.63) is 0 Å². The molecule has 0 aromatic heterocycles. The summed E-state index contributed by atoms with van der Waals surface area (Å²) in [4.78, 5) is 0. The minimum Gasteiger partial charge on any atom is -0.378 e. The molecule has 0 spiro atoms. The molecule has 0 heterocycles. The standard InChI is InChI=1S/C15H31NO/c1-13-6-8-14(9-7-13)17-11-5-4-10-15(2,3)12-16/h13-14H,4-12,16H2,1-3H3. The highest BCUT2D eigenvalue weighted by Crippen LogP contribution is 2.26. The molecule has 1 aliphatic carbocycles. The summed E-state index contributed by atoms with van der Waals surface area (Å²) in [6, 6.07) is 0. The lowest BCUT2D eigenvalue weighted by Gasteiger charge is -2.26. The second-order valence-electron chi connectivity index (χ2n) is 6.58. The van der Waals surface area contributed by atoms with Crippen molar-refractivity contribution >= 4 is 0 Å². The highest BCUT2D eigenvalue weighted by atomic mass is 16.5. The molecule has 0 aromatic rings. The van der Waals surface area contributed by atoms with Gasteiger partial charge in [0, 0.05) is 6.61 Å². The Morgan fingerprint density at radius 3 is 2.35 bits per heavy atom. The molecule has 2 nitrogen and oxygen atoms in total. The van der Waals surface area contributed by atoms with Crippen LogP contribution in [0.2, 0.25) is 0 Å². The van der Waals surface area contributed by atoms with Crippen LogP contribution in [0, 0.1) is 11.3 Å². The zero-order chi connectivity index (χ0) is 12.7. The summed E-state index contributed by atoms with van der Waals surface area (Å²) in [5.41, 5.74) is 6.03. The fourth-order valence-corrected chi connectivity index (χ4v) is 2.45. The first-order chi connectivity index (χ1) is 8.03.